The van der Waals surface area contributed by atoms with Crippen LogP contribution in [0.5, 0.6) is 5.75 Å². The first kappa shape index (κ1) is 23.7. The Labute approximate surface area is 201 Å². The van der Waals surface area contributed by atoms with Crippen LogP contribution in [0.25, 0.3) is 0 Å². The average Bonchev–Trinajstić information content (AvgIpc) is 3.22. The second-order valence-electron chi connectivity index (χ2n) is 6.87. The van der Waals surface area contributed by atoms with Crippen molar-refractivity contribution in [3.63, 3.8) is 0 Å². The van der Waals surface area contributed by atoms with Crippen LogP contribution in [0, 0.1) is 11.6 Å². The molecule has 34 heavy (non-hydrogen) atoms. The molecule has 4 rings (SSSR count). The molecule has 0 aliphatic carbocycles. The number of anilines is 3. The molecule has 0 spiro atoms. The largest absolute Gasteiger partial charge is 0.472 e. The minimum Gasteiger partial charge on any atom is -0.472 e. The SMILES string of the molecule is CNc1cc2c(cc1F)C(=O)N(c1ccc(NC(=O)NS(=O)(=O)c3ccc(Cl)s3)c(F)c1)CO2. The number of carbonyl (C=O) groups is 2. The zero-order valence-electron chi connectivity index (χ0n) is 17.2. The molecule has 2 heterocycles. The first-order valence-corrected chi connectivity index (χ1v) is 12.1. The Kier molecular flexibility index (Phi) is 6.34. The molecule has 0 fully saturated rings. The van der Waals surface area contributed by atoms with E-state index >= 15 is 0 Å². The number of nitrogens with zero attached hydrogens (tertiary/aromatic N) is 1. The summed E-state index contributed by atoms with van der Waals surface area (Å²) in [7, 11) is -2.67. The zero-order chi connectivity index (χ0) is 24.6. The summed E-state index contributed by atoms with van der Waals surface area (Å²) >= 11 is 6.46. The Morgan fingerprint density at radius 1 is 1.12 bits per heavy atom. The van der Waals surface area contributed by atoms with Crippen molar-refractivity contribution in [1.29, 1.82) is 0 Å². The Bertz CT molecular complexity index is 1410. The van der Waals surface area contributed by atoms with Crippen molar-refractivity contribution in [1.82, 2.24) is 4.72 Å². The molecule has 3 amide bonds. The van der Waals surface area contributed by atoms with Gasteiger partial charge in [0.2, 0.25) is 0 Å². The van der Waals surface area contributed by atoms with E-state index in [0.717, 1.165) is 34.4 Å². The number of halogens is 3. The fourth-order valence-corrected chi connectivity index (χ4v) is 5.49. The molecule has 3 N–H and O–H groups in total. The fourth-order valence-electron chi connectivity index (χ4n) is 3.10. The highest BCUT2D eigenvalue weighted by molar-refractivity contribution is 7.92. The highest BCUT2D eigenvalue weighted by Gasteiger charge is 2.29. The highest BCUT2D eigenvalue weighted by Crippen LogP contribution is 2.33. The molecule has 1 aliphatic heterocycles. The maximum Gasteiger partial charge on any atom is 0.333 e. The number of rotatable bonds is 5. The Hall–Kier alpha value is -3.42. The Morgan fingerprint density at radius 3 is 2.50 bits per heavy atom. The predicted molar refractivity (Wildman–Crippen MR) is 123 cm³/mol. The molecule has 3 aromatic rings. The summed E-state index contributed by atoms with van der Waals surface area (Å²) in [6.45, 7) is -0.255. The van der Waals surface area contributed by atoms with Crippen LogP contribution in [0.4, 0.5) is 30.6 Å². The van der Waals surface area contributed by atoms with E-state index in [-0.39, 0.29) is 43.7 Å². The summed E-state index contributed by atoms with van der Waals surface area (Å²) in [5, 5.41) is 4.74. The van der Waals surface area contributed by atoms with Crippen LogP contribution in [0.3, 0.4) is 0 Å². The third-order valence-corrected chi connectivity index (χ3v) is 7.77. The molecule has 0 saturated heterocycles. The summed E-state index contributed by atoms with van der Waals surface area (Å²) in [6.07, 6.45) is 0. The number of carbonyl (C=O) groups excluding carboxylic acids is 2. The molecule has 1 aliphatic rings. The number of nitrogens with one attached hydrogen (secondary N) is 3. The molecule has 178 valence electrons. The van der Waals surface area contributed by atoms with Gasteiger partial charge in [0.25, 0.3) is 15.9 Å². The molecule has 2 aromatic carbocycles. The predicted octanol–water partition coefficient (Wildman–Crippen LogP) is 4.23. The number of urea groups is 1. The van der Waals surface area contributed by atoms with Crippen LogP contribution >= 0.6 is 22.9 Å². The molecule has 0 unspecified atom stereocenters. The van der Waals surface area contributed by atoms with E-state index in [9.17, 15) is 26.8 Å². The van der Waals surface area contributed by atoms with E-state index in [4.69, 9.17) is 16.3 Å². The van der Waals surface area contributed by atoms with Crippen molar-refractivity contribution in [2.75, 3.05) is 29.3 Å². The van der Waals surface area contributed by atoms with Gasteiger partial charge in [-0.3, -0.25) is 9.69 Å². The van der Waals surface area contributed by atoms with E-state index in [0.29, 0.717) is 0 Å². The maximum atomic E-state index is 14.7. The number of benzene rings is 2. The van der Waals surface area contributed by atoms with Crippen molar-refractivity contribution in [2.24, 2.45) is 0 Å². The smallest absolute Gasteiger partial charge is 0.333 e. The van der Waals surface area contributed by atoms with Crippen LogP contribution in [-0.4, -0.2) is 34.1 Å². The van der Waals surface area contributed by atoms with Crippen molar-refractivity contribution in [2.45, 2.75) is 4.21 Å². The lowest BCUT2D eigenvalue weighted by molar-refractivity contribution is 0.0936. The highest BCUT2D eigenvalue weighted by atomic mass is 35.5. The maximum absolute atomic E-state index is 14.7. The first-order chi connectivity index (χ1) is 16.1. The minimum absolute atomic E-state index is 0.0383. The van der Waals surface area contributed by atoms with Gasteiger partial charge in [0, 0.05) is 13.1 Å². The Morgan fingerprint density at radius 2 is 1.85 bits per heavy atom. The van der Waals surface area contributed by atoms with Crippen LogP contribution < -0.4 is 25.0 Å². The number of amides is 3. The fraction of sp³-hybridized carbons (Fsp3) is 0.100. The van der Waals surface area contributed by atoms with Crippen molar-refractivity contribution in [3.05, 3.63) is 64.0 Å². The minimum atomic E-state index is -4.20. The molecular weight excluding hydrogens is 514 g/mol. The third kappa shape index (κ3) is 4.62. The number of ether oxygens (including phenoxy) is 1. The second-order valence-corrected chi connectivity index (χ2v) is 10.5. The molecule has 14 heteroatoms. The van der Waals surface area contributed by atoms with Crippen molar-refractivity contribution < 1.29 is 31.5 Å². The van der Waals surface area contributed by atoms with Gasteiger partial charge in [-0.15, -0.1) is 11.3 Å². The molecule has 1 aromatic heterocycles. The van der Waals surface area contributed by atoms with E-state index in [1.807, 2.05) is 0 Å². The summed E-state index contributed by atoms with van der Waals surface area (Å²) < 4.78 is 60.4. The van der Waals surface area contributed by atoms with Crippen LogP contribution in [-0.2, 0) is 10.0 Å². The second kappa shape index (κ2) is 9.08. The standard InChI is InChI=1S/C20H15ClF2N4O5S2/c1-24-15-8-16-11(7-13(15)23)19(28)27(9-32-16)10-2-3-14(12(22)6-10)25-20(29)26-34(30,31)18-5-4-17(21)33-18/h2-8,24H,9H2,1H3,(H2,25,26,29). The lowest BCUT2D eigenvalue weighted by atomic mass is 10.1. The van der Waals surface area contributed by atoms with Gasteiger partial charge in [-0.1, -0.05) is 11.6 Å². The van der Waals surface area contributed by atoms with Gasteiger partial charge < -0.3 is 15.4 Å². The first-order valence-electron chi connectivity index (χ1n) is 9.43. The summed E-state index contributed by atoms with van der Waals surface area (Å²) in [4.78, 5) is 26.0. The molecule has 0 radical (unpaired) electrons. The normalized spacial score (nSPS) is 13.2. The van der Waals surface area contributed by atoms with Gasteiger partial charge in [-0.2, -0.15) is 0 Å². The van der Waals surface area contributed by atoms with Crippen LogP contribution in [0.1, 0.15) is 10.4 Å². The lowest BCUT2D eigenvalue weighted by Gasteiger charge is -2.29. The van der Waals surface area contributed by atoms with Crippen LogP contribution in [0.15, 0.2) is 46.7 Å². The molecule has 0 bridgehead atoms. The summed E-state index contributed by atoms with van der Waals surface area (Å²) in [6, 6.07) is 7.17. The monoisotopic (exact) mass is 528 g/mol. The topological polar surface area (TPSA) is 117 Å². The molecule has 0 saturated carbocycles. The molecular formula is C20H15ClF2N4O5S2. The summed E-state index contributed by atoms with van der Waals surface area (Å²) in [5.41, 5.74) is -0.137. The van der Waals surface area contributed by atoms with E-state index in [1.54, 1.807) is 4.72 Å². The van der Waals surface area contributed by atoms with Gasteiger partial charge >= 0.3 is 6.03 Å². The molecule has 0 atom stereocenters. The lowest BCUT2D eigenvalue weighted by Crippen LogP contribution is -2.39. The Balaban J connectivity index is 1.50. The summed E-state index contributed by atoms with van der Waals surface area (Å²) in [5.74, 6) is -2.03. The van der Waals surface area contributed by atoms with Crippen LogP contribution in [0.2, 0.25) is 4.34 Å². The number of thiophene rings is 1. The molecule has 9 nitrogen and oxygen atoms in total. The zero-order valence-corrected chi connectivity index (χ0v) is 19.6. The van der Waals surface area contributed by atoms with Crippen molar-refractivity contribution >= 4 is 62.0 Å². The third-order valence-electron chi connectivity index (χ3n) is 4.72. The number of sulfonamides is 1. The van der Waals surface area contributed by atoms with Gasteiger partial charge in [0.05, 0.1) is 27.0 Å². The number of hydrogen-bond donors (Lipinski definition) is 3. The van der Waals surface area contributed by atoms with Gasteiger partial charge in [-0.25, -0.2) is 26.7 Å². The van der Waals surface area contributed by atoms with Gasteiger partial charge in [0.1, 0.15) is 21.6 Å². The van der Waals surface area contributed by atoms with Crippen molar-refractivity contribution in [3.8, 4) is 5.75 Å². The quantitative estimate of drug-likeness (QED) is 0.456. The van der Waals surface area contributed by atoms with E-state index in [1.165, 1.54) is 31.3 Å². The number of hydrogen-bond acceptors (Lipinski definition) is 7. The number of fused-ring (bicyclic) bond motifs is 1. The van der Waals surface area contributed by atoms with Gasteiger partial charge in [-0.05, 0) is 36.4 Å². The van der Waals surface area contributed by atoms with E-state index < -0.39 is 33.6 Å². The van der Waals surface area contributed by atoms with E-state index in [2.05, 4.69) is 10.6 Å². The average molecular weight is 529 g/mol. The van der Waals surface area contributed by atoms with Gasteiger partial charge in [0.15, 0.2) is 6.73 Å².